The fraction of sp³-hybridized carbons (Fsp3) is 0.500. The van der Waals surface area contributed by atoms with Crippen molar-refractivity contribution in [2.75, 3.05) is 32.1 Å². The minimum Gasteiger partial charge on any atom is -0.495 e. The highest BCUT2D eigenvalue weighted by Crippen LogP contribution is 2.32. The summed E-state index contributed by atoms with van der Waals surface area (Å²) in [4.78, 5) is 2.05. The SMILES string of the molecule is COc1cc(C)c(N(C)CC(N)CN)cc1Cl. The van der Waals surface area contributed by atoms with Crippen molar-refractivity contribution in [2.45, 2.75) is 13.0 Å². The smallest absolute Gasteiger partial charge is 0.137 e. The highest BCUT2D eigenvalue weighted by molar-refractivity contribution is 6.32. The Kier molecular flexibility index (Phi) is 5.05. The largest absolute Gasteiger partial charge is 0.495 e. The Morgan fingerprint density at radius 1 is 1.47 bits per heavy atom. The molecular formula is C12H20ClN3O. The molecule has 0 aliphatic carbocycles. The molecule has 1 atom stereocenters. The van der Waals surface area contributed by atoms with Gasteiger partial charge in [0.1, 0.15) is 5.75 Å². The molecule has 4 N–H and O–H groups in total. The van der Waals surface area contributed by atoms with Gasteiger partial charge in [-0.15, -0.1) is 0 Å². The number of nitrogens with zero attached hydrogens (tertiary/aromatic N) is 1. The number of likely N-dealkylation sites (N-methyl/N-ethyl adjacent to an activating group) is 1. The van der Waals surface area contributed by atoms with Gasteiger partial charge >= 0.3 is 0 Å². The van der Waals surface area contributed by atoms with E-state index in [1.165, 1.54) is 0 Å². The van der Waals surface area contributed by atoms with E-state index in [9.17, 15) is 0 Å². The molecule has 0 aromatic heterocycles. The van der Waals surface area contributed by atoms with Crippen molar-refractivity contribution in [3.8, 4) is 5.75 Å². The zero-order valence-corrected chi connectivity index (χ0v) is 11.3. The number of ether oxygens (including phenoxy) is 1. The second-order valence-corrected chi connectivity index (χ2v) is 4.56. The Balaban J connectivity index is 2.94. The maximum atomic E-state index is 6.11. The number of aryl methyl sites for hydroxylation is 1. The maximum Gasteiger partial charge on any atom is 0.137 e. The highest BCUT2D eigenvalue weighted by atomic mass is 35.5. The summed E-state index contributed by atoms with van der Waals surface area (Å²) in [5.41, 5.74) is 13.5. The van der Waals surface area contributed by atoms with Gasteiger partial charge in [0.15, 0.2) is 0 Å². The molecule has 1 aromatic rings. The lowest BCUT2D eigenvalue weighted by molar-refractivity contribution is 0.414. The van der Waals surface area contributed by atoms with Crippen molar-refractivity contribution in [1.82, 2.24) is 0 Å². The number of methoxy groups -OCH3 is 1. The number of rotatable bonds is 5. The van der Waals surface area contributed by atoms with Crippen LogP contribution in [-0.2, 0) is 0 Å². The molecule has 17 heavy (non-hydrogen) atoms. The summed E-state index contributed by atoms with van der Waals surface area (Å²) in [6.07, 6.45) is 0. The van der Waals surface area contributed by atoms with Crippen molar-refractivity contribution in [3.05, 3.63) is 22.7 Å². The molecule has 0 saturated heterocycles. The number of anilines is 1. The van der Waals surface area contributed by atoms with E-state index in [0.29, 0.717) is 23.9 Å². The molecule has 1 rings (SSSR count). The molecule has 96 valence electrons. The normalized spacial score (nSPS) is 12.4. The Labute approximate surface area is 107 Å². The zero-order chi connectivity index (χ0) is 13.0. The average Bonchev–Trinajstić information content (AvgIpc) is 2.31. The van der Waals surface area contributed by atoms with Gasteiger partial charge in [0.25, 0.3) is 0 Å². The molecule has 1 unspecified atom stereocenters. The standard InChI is InChI=1S/C12H20ClN3O/c1-8-4-12(17-3)10(13)5-11(8)16(2)7-9(15)6-14/h4-5,9H,6-7,14-15H2,1-3H3. The predicted octanol–water partition coefficient (Wildman–Crippen LogP) is 1.38. The number of nitrogens with two attached hydrogens (primary N) is 2. The van der Waals surface area contributed by atoms with Crippen LogP contribution in [-0.4, -0.2) is 33.3 Å². The third-order valence-electron chi connectivity index (χ3n) is 2.69. The molecule has 0 bridgehead atoms. The van der Waals surface area contributed by atoms with E-state index in [1.807, 2.05) is 26.1 Å². The van der Waals surface area contributed by atoms with E-state index in [-0.39, 0.29) is 6.04 Å². The minimum absolute atomic E-state index is 0.0414. The Bertz CT molecular complexity index is 384. The predicted molar refractivity (Wildman–Crippen MR) is 73.0 cm³/mol. The van der Waals surface area contributed by atoms with E-state index in [4.69, 9.17) is 27.8 Å². The quantitative estimate of drug-likeness (QED) is 0.837. The zero-order valence-electron chi connectivity index (χ0n) is 10.5. The lowest BCUT2D eigenvalue weighted by atomic mass is 10.1. The van der Waals surface area contributed by atoms with Crippen LogP contribution in [0.2, 0.25) is 5.02 Å². The first kappa shape index (κ1) is 14.1. The molecule has 0 amide bonds. The first-order valence-corrected chi connectivity index (χ1v) is 5.88. The third-order valence-corrected chi connectivity index (χ3v) is 2.99. The summed E-state index contributed by atoms with van der Waals surface area (Å²) in [7, 11) is 3.58. The topological polar surface area (TPSA) is 64.5 Å². The van der Waals surface area contributed by atoms with Gasteiger partial charge in [-0.05, 0) is 24.6 Å². The van der Waals surface area contributed by atoms with Crippen LogP contribution in [0.3, 0.4) is 0 Å². The summed E-state index contributed by atoms with van der Waals surface area (Å²) in [5, 5.41) is 0.598. The second kappa shape index (κ2) is 6.10. The molecular weight excluding hydrogens is 238 g/mol. The highest BCUT2D eigenvalue weighted by Gasteiger charge is 2.11. The Morgan fingerprint density at radius 3 is 2.65 bits per heavy atom. The van der Waals surface area contributed by atoms with Crippen LogP contribution in [0.4, 0.5) is 5.69 Å². The van der Waals surface area contributed by atoms with E-state index in [0.717, 1.165) is 11.3 Å². The first-order valence-electron chi connectivity index (χ1n) is 5.50. The van der Waals surface area contributed by atoms with Crippen molar-refractivity contribution in [1.29, 1.82) is 0 Å². The number of halogens is 1. The van der Waals surface area contributed by atoms with E-state index in [1.54, 1.807) is 7.11 Å². The molecule has 0 fully saturated rings. The maximum absolute atomic E-state index is 6.11. The van der Waals surface area contributed by atoms with E-state index < -0.39 is 0 Å². The molecule has 0 saturated carbocycles. The molecule has 5 heteroatoms. The molecule has 0 spiro atoms. The van der Waals surface area contributed by atoms with Crippen LogP contribution in [0, 0.1) is 6.92 Å². The summed E-state index contributed by atoms with van der Waals surface area (Å²) in [5.74, 6) is 0.685. The van der Waals surface area contributed by atoms with Gasteiger partial charge in [-0.25, -0.2) is 0 Å². The Hall–Kier alpha value is -0.970. The van der Waals surface area contributed by atoms with Crippen molar-refractivity contribution < 1.29 is 4.74 Å². The van der Waals surface area contributed by atoms with Gasteiger partial charge in [0.2, 0.25) is 0 Å². The Morgan fingerprint density at radius 2 is 2.12 bits per heavy atom. The molecule has 0 heterocycles. The lowest BCUT2D eigenvalue weighted by Crippen LogP contribution is -2.40. The van der Waals surface area contributed by atoms with Crippen LogP contribution in [0.25, 0.3) is 0 Å². The van der Waals surface area contributed by atoms with Gasteiger partial charge in [-0.3, -0.25) is 0 Å². The van der Waals surface area contributed by atoms with Crippen LogP contribution < -0.4 is 21.1 Å². The number of benzene rings is 1. The summed E-state index contributed by atoms with van der Waals surface area (Å²) in [6.45, 7) is 3.17. The van der Waals surface area contributed by atoms with Crippen LogP contribution in [0.1, 0.15) is 5.56 Å². The molecule has 0 aliphatic heterocycles. The van der Waals surface area contributed by atoms with Crippen molar-refractivity contribution >= 4 is 17.3 Å². The van der Waals surface area contributed by atoms with Gasteiger partial charge in [0.05, 0.1) is 12.1 Å². The third kappa shape index (κ3) is 3.49. The molecule has 4 nitrogen and oxygen atoms in total. The molecule has 0 aliphatic rings. The van der Waals surface area contributed by atoms with Gasteiger partial charge < -0.3 is 21.1 Å². The second-order valence-electron chi connectivity index (χ2n) is 4.15. The average molecular weight is 258 g/mol. The van der Waals surface area contributed by atoms with E-state index in [2.05, 4.69) is 4.90 Å². The molecule has 1 aromatic carbocycles. The van der Waals surface area contributed by atoms with Gasteiger partial charge in [-0.2, -0.15) is 0 Å². The first-order chi connectivity index (χ1) is 7.99. The number of hydrogen-bond acceptors (Lipinski definition) is 4. The lowest BCUT2D eigenvalue weighted by Gasteiger charge is -2.25. The van der Waals surface area contributed by atoms with Crippen LogP contribution >= 0.6 is 11.6 Å². The van der Waals surface area contributed by atoms with Crippen LogP contribution in [0.5, 0.6) is 5.75 Å². The fourth-order valence-corrected chi connectivity index (χ4v) is 1.97. The number of hydrogen-bond donors (Lipinski definition) is 2. The monoisotopic (exact) mass is 257 g/mol. The summed E-state index contributed by atoms with van der Waals surface area (Å²) < 4.78 is 5.17. The van der Waals surface area contributed by atoms with Crippen molar-refractivity contribution in [2.24, 2.45) is 11.5 Å². The summed E-state index contributed by atoms with van der Waals surface area (Å²) >= 11 is 6.11. The fourth-order valence-electron chi connectivity index (χ4n) is 1.74. The molecule has 0 radical (unpaired) electrons. The minimum atomic E-state index is -0.0414. The summed E-state index contributed by atoms with van der Waals surface area (Å²) in [6, 6.07) is 3.77. The van der Waals surface area contributed by atoms with Gasteiger partial charge in [-0.1, -0.05) is 11.6 Å². The van der Waals surface area contributed by atoms with E-state index >= 15 is 0 Å². The van der Waals surface area contributed by atoms with Gasteiger partial charge in [0, 0.05) is 31.9 Å². The van der Waals surface area contributed by atoms with Crippen LogP contribution in [0.15, 0.2) is 12.1 Å². The van der Waals surface area contributed by atoms with Crippen molar-refractivity contribution in [3.63, 3.8) is 0 Å².